The zero-order valence-corrected chi connectivity index (χ0v) is 16.4. The summed E-state index contributed by atoms with van der Waals surface area (Å²) < 4.78 is 12.5. The van der Waals surface area contributed by atoms with E-state index in [9.17, 15) is 0 Å². The van der Waals surface area contributed by atoms with Gasteiger partial charge in [-0.1, -0.05) is 25.1 Å². The molecule has 142 valence electrons. The monoisotopic (exact) mass is 367 g/mol. The maximum absolute atomic E-state index is 5.42. The zero-order chi connectivity index (χ0) is 19.4. The SMILES string of the molecule is CCC(C)(Nc1ccccc1C)c1nnnn1-c1ccc(OC)c(OC)c1. The Morgan fingerprint density at radius 1 is 1.07 bits per heavy atom. The minimum atomic E-state index is -0.456. The highest BCUT2D eigenvalue weighted by Gasteiger charge is 2.32. The third kappa shape index (κ3) is 3.58. The van der Waals surface area contributed by atoms with E-state index in [0.717, 1.165) is 23.6 Å². The van der Waals surface area contributed by atoms with E-state index >= 15 is 0 Å². The van der Waals surface area contributed by atoms with E-state index in [1.54, 1.807) is 18.9 Å². The predicted molar refractivity (Wildman–Crippen MR) is 105 cm³/mol. The molecule has 0 bridgehead atoms. The number of para-hydroxylation sites is 1. The predicted octanol–water partition coefficient (Wildman–Crippen LogP) is 3.73. The molecule has 0 radical (unpaired) electrons. The number of nitrogens with zero attached hydrogens (tertiary/aromatic N) is 4. The van der Waals surface area contributed by atoms with Crippen LogP contribution in [0.1, 0.15) is 31.7 Å². The summed E-state index contributed by atoms with van der Waals surface area (Å²) in [4.78, 5) is 0. The fourth-order valence-corrected chi connectivity index (χ4v) is 2.97. The molecule has 0 aliphatic carbocycles. The number of aryl methyl sites for hydroxylation is 1. The molecule has 3 rings (SSSR count). The summed E-state index contributed by atoms with van der Waals surface area (Å²) in [6.45, 7) is 6.29. The summed E-state index contributed by atoms with van der Waals surface area (Å²) in [5, 5.41) is 16.1. The number of aromatic nitrogens is 4. The van der Waals surface area contributed by atoms with Gasteiger partial charge in [-0.05, 0) is 54.5 Å². The Kier molecular flexibility index (Phi) is 5.30. The first-order valence-corrected chi connectivity index (χ1v) is 8.87. The number of anilines is 1. The van der Waals surface area contributed by atoms with Crippen molar-refractivity contribution in [3.63, 3.8) is 0 Å². The number of hydrogen-bond acceptors (Lipinski definition) is 6. The summed E-state index contributed by atoms with van der Waals surface area (Å²) in [6.07, 6.45) is 0.801. The summed E-state index contributed by atoms with van der Waals surface area (Å²) >= 11 is 0. The Bertz CT molecular complexity index is 924. The van der Waals surface area contributed by atoms with Gasteiger partial charge in [0.05, 0.1) is 25.4 Å². The van der Waals surface area contributed by atoms with E-state index in [1.165, 1.54) is 5.56 Å². The van der Waals surface area contributed by atoms with Gasteiger partial charge in [0, 0.05) is 11.8 Å². The van der Waals surface area contributed by atoms with Crippen LogP contribution in [0.3, 0.4) is 0 Å². The Morgan fingerprint density at radius 2 is 1.81 bits per heavy atom. The molecule has 0 amide bonds. The highest BCUT2D eigenvalue weighted by Crippen LogP contribution is 2.33. The first-order chi connectivity index (χ1) is 13.0. The van der Waals surface area contributed by atoms with Gasteiger partial charge in [0.25, 0.3) is 0 Å². The van der Waals surface area contributed by atoms with Crippen molar-refractivity contribution < 1.29 is 9.47 Å². The van der Waals surface area contributed by atoms with Crippen molar-refractivity contribution in [3.8, 4) is 17.2 Å². The van der Waals surface area contributed by atoms with Crippen molar-refractivity contribution in [2.45, 2.75) is 32.7 Å². The van der Waals surface area contributed by atoms with Gasteiger partial charge in [-0.2, -0.15) is 4.68 Å². The molecule has 3 aromatic rings. The second kappa shape index (κ2) is 7.65. The lowest BCUT2D eigenvalue weighted by Gasteiger charge is -2.30. The quantitative estimate of drug-likeness (QED) is 0.686. The molecular formula is C20H25N5O2. The van der Waals surface area contributed by atoms with Crippen LogP contribution < -0.4 is 14.8 Å². The van der Waals surface area contributed by atoms with Gasteiger partial charge < -0.3 is 14.8 Å². The van der Waals surface area contributed by atoms with Gasteiger partial charge in [-0.25, -0.2) is 0 Å². The fraction of sp³-hybridized carbons (Fsp3) is 0.350. The maximum atomic E-state index is 5.42. The molecule has 0 spiro atoms. The lowest BCUT2D eigenvalue weighted by atomic mass is 9.96. The van der Waals surface area contributed by atoms with E-state index in [-0.39, 0.29) is 0 Å². The summed E-state index contributed by atoms with van der Waals surface area (Å²) in [6, 6.07) is 13.8. The molecule has 0 aliphatic heterocycles. The smallest absolute Gasteiger partial charge is 0.181 e. The van der Waals surface area contributed by atoms with E-state index in [0.29, 0.717) is 11.5 Å². The average molecular weight is 367 g/mol. The van der Waals surface area contributed by atoms with Crippen molar-refractivity contribution >= 4 is 5.69 Å². The lowest BCUT2D eigenvalue weighted by molar-refractivity contribution is 0.354. The zero-order valence-electron chi connectivity index (χ0n) is 16.4. The Balaban J connectivity index is 2.03. The molecule has 1 aromatic heterocycles. The molecule has 7 nitrogen and oxygen atoms in total. The molecule has 2 aromatic carbocycles. The number of ether oxygens (including phenoxy) is 2. The van der Waals surface area contributed by atoms with Crippen LogP contribution in [-0.4, -0.2) is 34.4 Å². The lowest BCUT2D eigenvalue weighted by Crippen LogP contribution is -2.34. The Morgan fingerprint density at radius 3 is 2.48 bits per heavy atom. The van der Waals surface area contributed by atoms with E-state index in [4.69, 9.17) is 9.47 Å². The number of benzene rings is 2. The molecule has 7 heteroatoms. The van der Waals surface area contributed by atoms with Crippen LogP contribution in [0.25, 0.3) is 5.69 Å². The van der Waals surface area contributed by atoms with Gasteiger partial charge >= 0.3 is 0 Å². The maximum Gasteiger partial charge on any atom is 0.181 e. The molecule has 0 fully saturated rings. The van der Waals surface area contributed by atoms with E-state index < -0.39 is 5.54 Å². The van der Waals surface area contributed by atoms with Crippen LogP contribution in [0.5, 0.6) is 11.5 Å². The number of methoxy groups -OCH3 is 2. The third-order valence-corrected chi connectivity index (χ3v) is 4.84. The van der Waals surface area contributed by atoms with Crippen LogP contribution >= 0.6 is 0 Å². The van der Waals surface area contributed by atoms with Gasteiger partial charge in [0.2, 0.25) is 0 Å². The first-order valence-electron chi connectivity index (χ1n) is 8.87. The molecule has 27 heavy (non-hydrogen) atoms. The van der Waals surface area contributed by atoms with Crippen LogP contribution in [0.15, 0.2) is 42.5 Å². The average Bonchev–Trinajstić information content (AvgIpc) is 3.19. The van der Waals surface area contributed by atoms with Crippen molar-refractivity contribution in [2.24, 2.45) is 0 Å². The standard InChI is InChI=1S/C20H25N5O2/c1-6-20(3,21-16-10-8-7-9-14(16)2)19-22-23-24-25(19)15-11-12-17(26-4)18(13-15)27-5/h7-13,21H,6H2,1-5H3. The molecule has 1 heterocycles. The summed E-state index contributed by atoms with van der Waals surface area (Å²) in [5.41, 5.74) is 2.58. The minimum absolute atomic E-state index is 0.456. The normalized spacial score (nSPS) is 13.1. The molecule has 1 atom stereocenters. The number of hydrogen-bond donors (Lipinski definition) is 1. The van der Waals surface area contributed by atoms with Crippen molar-refractivity contribution in [2.75, 3.05) is 19.5 Å². The van der Waals surface area contributed by atoms with Crippen molar-refractivity contribution in [1.82, 2.24) is 20.2 Å². The highest BCUT2D eigenvalue weighted by atomic mass is 16.5. The van der Waals surface area contributed by atoms with Crippen LogP contribution in [0.4, 0.5) is 5.69 Å². The van der Waals surface area contributed by atoms with E-state index in [2.05, 4.69) is 53.7 Å². The molecule has 1 N–H and O–H groups in total. The fourth-order valence-electron chi connectivity index (χ4n) is 2.97. The van der Waals surface area contributed by atoms with Gasteiger partial charge in [0.1, 0.15) is 0 Å². The number of tetrazole rings is 1. The van der Waals surface area contributed by atoms with Crippen molar-refractivity contribution in [1.29, 1.82) is 0 Å². The van der Waals surface area contributed by atoms with Crippen LogP contribution in [0.2, 0.25) is 0 Å². The molecule has 0 aliphatic rings. The second-order valence-electron chi connectivity index (χ2n) is 6.58. The molecule has 0 saturated heterocycles. The largest absolute Gasteiger partial charge is 0.493 e. The summed E-state index contributed by atoms with van der Waals surface area (Å²) in [5.74, 6) is 2.01. The van der Waals surface area contributed by atoms with Crippen LogP contribution in [0, 0.1) is 6.92 Å². The number of rotatable bonds is 7. The minimum Gasteiger partial charge on any atom is -0.493 e. The van der Waals surface area contributed by atoms with Crippen molar-refractivity contribution in [3.05, 3.63) is 53.9 Å². The first kappa shape index (κ1) is 18.7. The highest BCUT2D eigenvalue weighted by molar-refractivity contribution is 5.53. The second-order valence-corrected chi connectivity index (χ2v) is 6.58. The molecular weight excluding hydrogens is 342 g/mol. The topological polar surface area (TPSA) is 74.1 Å². The third-order valence-electron chi connectivity index (χ3n) is 4.84. The van der Waals surface area contributed by atoms with Gasteiger partial charge in [-0.3, -0.25) is 0 Å². The Hall–Kier alpha value is -3.09. The van der Waals surface area contributed by atoms with Gasteiger partial charge in [-0.15, -0.1) is 5.10 Å². The summed E-state index contributed by atoms with van der Waals surface area (Å²) in [7, 11) is 3.22. The molecule has 1 unspecified atom stereocenters. The van der Waals surface area contributed by atoms with Crippen LogP contribution in [-0.2, 0) is 5.54 Å². The Labute approximate surface area is 159 Å². The van der Waals surface area contributed by atoms with Gasteiger partial charge in [0.15, 0.2) is 17.3 Å². The number of nitrogens with one attached hydrogen (secondary N) is 1. The van der Waals surface area contributed by atoms with E-state index in [1.807, 2.05) is 30.3 Å². The molecule has 0 saturated carbocycles.